The standard InChI is InChI=1S/C45H52N4O7/c1-5-6-7-8-15-28-55-38-26-24-35(25-27-38)32(2)30-47-42(46-3)37-22-20-33(21-23-37)29-39(48-45(53)56-31-34-16-11-9-12-17-34)43(51)49-40(44(52)54-4)41(50)36-18-13-10-14-19-36/h9-14,16-27,30,39-41,50H,3,5-8,15,28-29,31H2,1-2,4H3,(H,48,53)(H,49,51)/b32-30+,47-42?/t39-,40?,41?/m0/s1. The number of aliphatic imine (C=N–C) groups is 2. The number of aliphatic hydroxyl groups is 1. The summed E-state index contributed by atoms with van der Waals surface area (Å²) < 4.78 is 16.2. The van der Waals surface area contributed by atoms with E-state index in [4.69, 9.17) is 14.2 Å². The molecular formula is C45H52N4O7. The Hall–Kier alpha value is -6.07. The molecule has 3 N–H and O–H groups in total. The third-order valence-corrected chi connectivity index (χ3v) is 9.04. The van der Waals surface area contributed by atoms with Crippen molar-refractivity contribution in [3.05, 3.63) is 143 Å². The van der Waals surface area contributed by atoms with Crippen molar-refractivity contribution >= 4 is 36.1 Å². The van der Waals surface area contributed by atoms with Crippen LogP contribution in [0.25, 0.3) is 5.57 Å². The van der Waals surface area contributed by atoms with E-state index in [0.717, 1.165) is 36.0 Å². The van der Waals surface area contributed by atoms with Crippen LogP contribution in [0.4, 0.5) is 4.79 Å². The van der Waals surface area contributed by atoms with Gasteiger partial charge in [-0.25, -0.2) is 19.6 Å². The number of amides is 2. The van der Waals surface area contributed by atoms with Crippen LogP contribution in [0.3, 0.4) is 0 Å². The molecule has 0 aliphatic rings. The molecule has 11 nitrogen and oxygen atoms in total. The summed E-state index contributed by atoms with van der Waals surface area (Å²) in [5, 5.41) is 16.2. The minimum Gasteiger partial charge on any atom is -0.494 e. The van der Waals surface area contributed by atoms with Crippen LogP contribution in [0, 0.1) is 0 Å². The number of nitrogens with one attached hydrogen (secondary N) is 2. The van der Waals surface area contributed by atoms with Gasteiger partial charge in [-0.05, 0) is 60.0 Å². The lowest BCUT2D eigenvalue weighted by atomic mass is 10.00. The van der Waals surface area contributed by atoms with E-state index in [2.05, 4.69) is 34.3 Å². The molecule has 0 aliphatic carbocycles. The second-order valence-corrected chi connectivity index (χ2v) is 13.2. The van der Waals surface area contributed by atoms with Gasteiger partial charge < -0.3 is 30.0 Å². The van der Waals surface area contributed by atoms with E-state index < -0.39 is 36.2 Å². The van der Waals surface area contributed by atoms with Crippen LogP contribution < -0.4 is 15.4 Å². The van der Waals surface area contributed by atoms with Gasteiger partial charge in [-0.3, -0.25) is 4.79 Å². The summed E-state index contributed by atoms with van der Waals surface area (Å²) in [7, 11) is 1.16. The Morgan fingerprint density at radius 2 is 1.45 bits per heavy atom. The molecule has 0 spiro atoms. The Bertz CT molecular complexity index is 1900. The molecule has 4 aromatic rings. The molecule has 0 saturated carbocycles. The zero-order valence-electron chi connectivity index (χ0n) is 32.4. The monoisotopic (exact) mass is 760 g/mol. The minimum absolute atomic E-state index is 0.0171. The summed E-state index contributed by atoms with van der Waals surface area (Å²) >= 11 is 0. The van der Waals surface area contributed by atoms with Crippen LogP contribution in [-0.2, 0) is 32.1 Å². The first kappa shape index (κ1) is 42.7. The summed E-state index contributed by atoms with van der Waals surface area (Å²) in [5.41, 5.74) is 4.44. The van der Waals surface area contributed by atoms with Crippen molar-refractivity contribution in [2.45, 2.75) is 77.2 Å². The van der Waals surface area contributed by atoms with Crippen molar-refractivity contribution in [3.63, 3.8) is 0 Å². The molecule has 0 fully saturated rings. The van der Waals surface area contributed by atoms with Crippen LogP contribution in [0.1, 0.15) is 79.9 Å². The average molecular weight is 761 g/mol. The number of benzene rings is 4. The number of unbranched alkanes of at least 4 members (excludes halogenated alkanes) is 4. The Kier molecular flexibility index (Phi) is 17.5. The molecule has 2 unspecified atom stereocenters. The maximum absolute atomic E-state index is 13.8. The lowest BCUT2D eigenvalue weighted by Gasteiger charge is -2.25. The molecule has 294 valence electrons. The van der Waals surface area contributed by atoms with Gasteiger partial charge in [0.1, 0.15) is 24.5 Å². The Morgan fingerprint density at radius 3 is 2.09 bits per heavy atom. The van der Waals surface area contributed by atoms with Gasteiger partial charge in [0.25, 0.3) is 0 Å². The van der Waals surface area contributed by atoms with Gasteiger partial charge in [-0.1, -0.05) is 130 Å². The number of esters is 1. The van der Waals surface area contributed by atoms with Crippen molar-refractivity contribution < 1.29 is 33.7 Å². The smallest absolute Gasteiger partial charge is 0.408 e. The van der Waals surface area contributed by atoms with Crippen LogP contribution in [0.15, 0.2) is 125 Å². The van der Waals surface area contributed by atoms with Crippen LogP contribution in [0.5, 0.6) is 5.75 Å². The quantitative estimate of drug-likeness (QED) is 0.0361. The number of ether oxygens (including phenoxy) is 3. The maximum Gasteiger partial charge on any atom is 0.408 e. The molecule has 2 amide bonds. The van der Waals surface area contributed by atoms with Gasteiger partial charge in [-0.15, -0.1) is 0 Å². The molecule has 0 bridgehead atoms. The number of rotatable bonds is 20. The number of allylic oxidation sites excluding steroid dienone is 1. The van der Waals surface area contributed by atoms with E-state index in [9.17, 15) is 19.5 Å². The van der Waals surface area contributed by atoms with Gasteiger partial charge in [0.05, 0.1) is 13.7 Å². The van der Waals surface area contributed by atoms with Crippen molar-refractivity contribution in [2.75, 3.05) is 13.7 Å². The number of alkyl carbamates (subject to hydrolysis) is 1. The first-order valence-electron chi connectivity index (χ1n) is 18.8. The number of hydrogen-bond donors (Lipinski definition) is 3. The molecule has 0 aliphatic heterocycles. The Labute approximate surface area is 329 Å². The second kappa shape index (κ2) is 23.0. The predicted octanol–water partition coefficient (Wildman–Crippen LogP) is 7.77. The highest BCUT2D eigenvalue weighted by atomic mass is 16.5. The SMILES string of the molecule is C=NC(=N/C=C(\C)c1ccc(OCCCCCCC)cc1)c1ccc(C[C@H](NC(=O)OCc2ccccc2)C(=O)NC(C(=O)OC)C(O)c2ccccc2)cc1. The Morgan fingerprint density at radius 1 is 0.804 bits per heavy atom. The number of aliphatic hydroxyl groups excluding tert-OH is 1. The summed E-state index contributed by atoms with van der Waals surface area (Å²) in [6.07, 6.45) is 5.44. The molecule has 0 radical (unpaired) electrons. The molecule has 0 saturated heterocycles. The lowest BCUT2D eigenvalue weighted by Crippen LogP contribution is -2.54. The van der Waals surface area contributed by atoms with Gasteiger partial charge in [0.2, 0.25) is 5.91 Å². The molecule has 4 aromatic carbocycles. The summed E-state index contributed by atoms with van der Waals surface area (Å²) in [6, 6.07) is 29.9. The fourth-order valence-electron chi connectivity index (χ4n) is 5.78. The number of carbonyl (C=O) groups excluding carboxylic acids is 3. The molecular weight excluding hydrogens is 709 g/mol. The fraction of sp³-hybridized carbons (Fsp3) is 0.311. The van der Waals surface area contributed by atoms with Gasteiger partial charge in [-0.2, -0.15) is 0 Å². The summed E-state index contributed by atoms with van der Waals surface area (Å²) in [4.78, 5) is 48.2. The van der Waals surface area contributed by atoms with Crippen LogP contribution in [0.2, 0.25) is 0 Å². The first-order valence-corrected chi connectivity index (χ1v) is 18.8. The van der Waals surface area contributed by atoms with Crippen molar-refractivity contribution in [1.29, 1.82) is 0 Å². The minimum atomic E-state index is -1.45. The van der Waals surface area contributed by atoms with E-state index in [1.807, 2.05) is 61.5 Å². The molecule has 0 aromatic heterocycles. The number of methoxy groups -OCH3 is 1. The van der Waals surface area contributed by atoms with Crippen molar-refractivity contribution in [1.82, 2.24) is 10.6 Å². The highest BCUT2D eigenvalue weighted by Gasteiger charge is 2.33. The number of nitrogens with zero attached hydrogens (tertiary/aromatic N) is 2. The second-order valence-electron chi connectivity index (χ2n) is 13.2. The highest BCUT2D eigenvalue weighted by molar-refractivity contribution is 6.02. The zero-order chi connectivity index (χ0) is 40.1. The zero-order valence-corrected chi connectivity index (χ0v) is 32.4. The Balaban J connectivity index is 1.46. The predicted molar refractivity (Wildman–Crippen MR) is 219 cm³/mol. The molecule has 3 atom stereocenters. The van der Waals surface area contributed by atoms with Gasteiger partial charge in [0.15, 0.2) is 11.9 Å². The van der Waals surface area contributed by atoms with Crippen molar-refractivity contribution in [3.8, 4) is 5.75 Å². The van der Waals surface area contributed by atoms with Crippen molar-refractivity contribution in [2.24, 2.45) is 9.98 Å². The maximum atomic E-state index is 13.8. The van der Waals surface area contributed by atoms with Crippen LogP contribution >= 0.6 is 0 Å². The topological polar surface area (TPSA) is 148 Å². The molecule has 11 heteroatoms. The van der Waals surface area contributed by atoms with E-state index in [-0.39, 0.29) is 13.0 Å². The normalized spacial score (nSPS) is 13.1. The van der Waals surface area contributed by atoms with Gasteiger partial charge in [0, 0.05) is 18.2 Å². The summed E-state index contributed by atoms with van der Waals surface area (Å²) in [5.74, 6) is -0.353. The first-order chi connectivity index (χ1) is 27.2. The number of hydrogen-bond acceptors (Lipinski definition) is 8. The van der Waals surface area contributed by atoms with E-state index in [0.29, 0.717) is 29.1 Å². The lowest BCUT2D eigenvalue weighted by molar-refractivity contribution is -0.148. The molecule has 4 rings (SSSR count). The average Bonchev–Trinajstić information content (AvgIpc) is 3.24. The van der Waals surface area contributed by atoms with Crippen LogP contribution in [-0.4, -0.2) is 61.4 Å². The van der Waals surface area contributed by atoms with E-state index in [1.165, 1.54) is 25.7 Å². The van der Waals surface area contributed by atoms with E-state index >= 15 is 0 Å². The van der Waals surface area contributed by atoms with E-state index in [1.54, 1.807) is 60.8 Å². The number of carbonyl (C=O) groups is 3. The third kappa shape index (κ3) is 13.7. The fourth-order valence-corrected chi connectivity index (χ4v) is 5.78. The largest absolute Gasteiger partial charge is 0.494 e. The third-order valence-electron chi connectivity index (χ3n) is 9.04. The van der Waals surface area contributed by atoms with Gasteiger partial charge >= 0.3 is 12.1 Å². The highest BCUT2D eigenvalue weighted by Crippen LogP contribution is 2.21. The number of amidine groups is 1. The summed E-state index contributed by atoms with van der Waals surface area (Å²) in [6.45, 7) is 8.56. The molecule has 0 heterocycles. The molecule has 56 heavy (non-hydrogen) atoms.